The van der Waals surface area contributed by atoms with Crippen molar-refractivity contribution in [2.75, 3.05) is 19.6 Å². The van der Waals surface area contributed by atoms with Gasteiger partial charge in [-0.2, -0.15) is 0 Å². The van der Waals surface area contributed by atoms with Gasteiger partial charge in [-0.25, -0.2) is 0 Å². The zero-order valence-electron chi connectivity index (χ0n) is 16.7. The third-order valence-electron chi connectivity index (χ3n) is 5.00. The van der Waals surface area contributed by atoms with E-state index in [1.807, 2.05) is 55.5 Å². The topological polar surface area (TPSA) is 29.5 Å². The van der Waals surface area contributed by atoms with E-state index >= 15 is 0 Å². The van der Waals surface area contributed by atoms with E-state index < -0.39 is 5.60 Å². The lowest BCUT2D eigenvalue weighted by atomic mass is 9.84. The fourth-order valence-electron chi connectivity index (χ4n) is 3.37. The zero-order valence-corrected chi connectivity index (χ0v) is 17.5. The molecule has 0 bridgehead atoms. The number of halogens is 1. The molecule has 1 aliphatic rings. The van der Waals surface area contributed by atoms with Crippen LogP contribution in [0.2, 0.25) is 0 Å². The van der Waals surface area contributed by atoms with Crippen LogP contribution in [-0.4, -0.2) is 30.5 Å². The van der Waals surface area contributed by atoms with Crippen molar-refractivity contribution in [1.29, 1.82) is 0 Å². The molecular formula is C25H26ClNO2. The lowest BCUT2D eigenvalue weighted by Crippen LogP contribution is -2.45. The van der Waals surface area contributed by atoms with E-state index in [9.17, 15) is 4.79 Å². The molecule has 0 radical (unpaired) electrons. The van der Waals surface area contributed by atoms with E-state index in [1.54, 1.807) is 0 Å². The first-order valence-corrected chi connectivity index (χ1v) is 9.75. The van der Waals surface area contributed by atoms with Gasteiger partial charge in [0, 0.05) is 37.9 Å². The van der Waals surface area contributed by atoms with E-state index in [0.717, 1.165) is 37.1 Å². The second-order valence-electron chi connectivity index (χ2n) is 6.88. The smallest absolute Gasteiger partial charge is 0.306 e. The van der Waals surface area contributed by atoms with Gasteiger partial charge in [-0.15, -0.1) is 12.4 Å². The summed E-state index contributed by atoms with van der Waals surface area (Å²) in [5.41, 5.74) is 1.53. The number of benzene rings is 2. The second kappa shape index (κ2) is 11.3. The third-order valence-corrected chi connectivity index (χ3v) is 5.00. The van der Waals surface area contributed by atoms with Crippen LogP contribution in [0.15, 0.2) is 60.7 Å². The fourth-order valence-corrected chi connectivity index (χ4v) is 3.37. The Hall–Kier alpha value is -2.72. The highest BCUT2D eigenvalue weighted by atomic mass is 35.5. The average molecular weight is 408 g/mol. The van der Waals surface area contributed by atoms with Gasteiger partial charge in [0.25, 0.3) is 0 Å². The molecule has 1 saturated heterocycles. The summed E-state index contributed by atoms with van der Waals surface area (Å²) in [4.78, 5) is 14.3. The summed E-state index contributed by atoms with van der Waals surface area (Å²) in [5, 5.41) is 0. The number of esters is 1. The van der Waals surface area contributed by atoms with Gasteiger partial charge in [0.05, 0.1) is 6.54 Å². The number of piperidine rings is 1. The molecule has 0 unspecified atom stereocenters. The molecule has 2 aromatic rings. The van der Waals surface area contributed by atoms with Crippen LogP contribution in [0.1, 0.15) is 37.3 Å². The summed E-state index contributed by atoms with van der Waals surface area (Å²) < 4.78 is 5.93. The molecule has 0 amide bonds. The molecule has 0 N–H and O–H groups in total. The maximum absolute atomic E-state index is 12.0. The lowest BCUT2D eigenvalue weighted by molar-refractivity contribution is -0.166. The number of ether oxygens (including phenoxy) is 1. The molecule has 0 aromatic heterocycles. The first-order chi connectivity index (χ1) is 13.7. The molecule has 150 valence electrons. The van der Waals surface area contributed by atoms with Crippen molar-refractivity contribution in [3.05, 3.63) is 71.8 Å². The van der Waals surface area contributed by atoms with Gasteiger partial charge in [-0.3, -0.25) is 9.69 Å². The van der Waals surface area contributed by atoms with Crippen molar-refractivity contribution < 1.29 is 9.53 Å². The van der Waals surface area contributed by atoms with Crippen molar-refractivity contribution in [2.24, 2.45) is 0 Å². The average Bonchev–Trinajstić information content (AvgIpc) is 2.76. The van der Waals surface area contributed by atoms with Crippen LogP contribution in [0.3, 0.4) is 0 Å². The highest BCUT2D eigenvalue weighted by Crippen LogP contribution is 2.37. The number of likely N-dealkylation sites (tertiary alicyclic amines) is 1. The van der Waals surface area contributed by atoms with E-state index in [-0.39, 0.29) is 18.4 Å². The van der Waals surface area contributed by atoms with Crippen LogP contribution >= 0.6 is 12.4 Å². The molecule has 3 nitrogen and oxygen atoms in total. The Morgan fingerprint density at radius 2 is 1.62 bits per heavy atom. The number of rotatable bonds is 4. The summed E-state index contributed by atoms with van der Waals surface area (Å²) in [6, 6.07) is 19.9. The van der Waals surface area contributed by atoms with Crippen molar-refractivity contribution in [3.8, 4) is 23.7 Å². The Balaban J connectivity index is 0.00000300. The van der Waals surface area contributed by atoms with Crippen LogP contribution in [0.25, 0.3) is 0 Å². The molecule has 4 heteroatoms. The lowest BCUT2D eigenvalue weighted by Gasteiger charge is -2.41. The molecule has 1 heterocycles. The van der Waals surface area contributed by atoms with Crippen molar-refractivity contribution >= 4 is 18.4 Å². The van der Waals surface area contributed by atoms with Crippen molar-refractivity contribution in [2.45, 2.75) is 31.8 Å². The Labute approximate surface area is 179 Å². The second-order valence-corrected chi connectivity index (χ2v) is 6.88. The molecule has 29 heavy (non-hydrogen) atoms. The minimum atomic E-state index is -0.522. The normalized spacial score (nSPS) is 14.9. The monoisotopic (exact) mass is 407 g/mol. The van der Waals surface area contributed by atoms with Crippen molar-refractivity contribution in [3.63, 3.8) is 0 Å². The van der Waals surface area contributed by atoms with Gasteiger partial charge in [0.1, 0.15) is 5.60 Å². The predicted molar refractivity (Wildman–Crippen MR) is 119 cm³/mol. The highest BCUT2D eigenvalue weighted by Gasteiger charge is 2.39. The fraction of sp³-hybridized carbons (Fsp3) is 0.320. The number of carbonyl (C=O) groups excluding carboxylic acids is 1. The molecule has 0 aliphatic carbocycles. The summed E-state index contributed by atoms with van der Waals surface area (Å²) in [5.74, 6) is 11.9. The standard InChI is InChI=1S/C25H25NO2.ClH/c1-2-24(27)28-25(23-15-9-4-10-16-23)17-20-26(21-18-25)19-11-5-8-14-22-12-6-3-7-13-22;/h3-4,6-7,9-10,12-13,15-16H,2,17-21H2,1H3;1H. The minimum Gasteiger partial charge on any atom is -0.454 e. The van der Waals surface area contributed by atoms with Crippen LogP contribution in [0.4, 0.5) is 0 Å². The van der Waals surface area contributed by atoms with Crippen LogP contribution in [0.5, 0.6) is 0 Å². The van der Waals surface area contributed by atoms with E-state index in [0.29, 0.717) is 13.0 Å². The molecule has 0 atom stereocenters. The van der Waals surface area contributed by atoms with Gasteiger partial charge in [-0.05, 0) is 29.5 Å². The number of carbonyl (C=O) groups is 1. The van der Waals surface area contributed by atoms with E-state index in [4.69, 9.17) is 4.74 Å². The molecule has 2 aromatic carbocycles. The maximum Gasteiger partial charge on any atom is 0.306 e. The number of nitrogens with zero attached hydrogens (tertiary/aromatic N) is 1. The van der Waals surface area contributed by atoms with Crippen molar-refractivity contribution in [1.82, 2.24) is 4.90 Å². The Kier molecular flexibility index (Phi) is 8.81. The van der Waals surface area contributed by atoms with Gasteiger partial charge in [-0.1, -0.05) is 67.3 Å². The SMILES string of the molecule is CCC(=O)OC1(c2ccccc2)CCN(CC#CC#Cc2ccccc2)CC1.Cl. The minimum absolute atomic E-state index is 0. The van der Waals surface area contributed by atoms with Gasteiger partial charge < -0.3 is 4.74 Å². The summed E-state index contributed by atoms with van der Waals surface area (Å²) in [7, 11) is 0. The Morgan fingerprint density at radius 1 is 1.00 bits per heavy atom. The van der Waals surface area contributed by atoms with Crippen LogP contribution in [0, 0.1) is 23.7 Å². The predicted octanol–water partition coefficient (Wildman–Crippen LogP) is 4.41. The largest absolute Gasteiger partial charge is 0.454 e. The van der Waals surface area contributed by atoms with E-state index in [2.05, 4.69) is 40.7 Å². The number of hydrogen-bond acceptors (Lipinski definition) is 3. The molecule has 1 fully saturated rings. The Morgan fingerprint density at radius 3 is 2.24 bits per heavy atom. The first-order valence-electron chi connectivity index (χ1n) is 9.75. The summed E-state index contributed by atoms with van der Waals surface area (Å²) in [6.07, 6.45) is 1.95. The Bertz CT molecular complexity index is 896. The third kappa shape index (κ3) is 6.40. The molecule has 1 aliphatic heterocycles. The van der Waals surface area contributed by atoms with Gasteiger partial charge >= 0.3 is 5.97 Å². The molecular weight excluding hydrogens is 382 g/mol. The molecule has 0 saturated carbocycles. The number of hydrogen-bond donors (Lipinski definition) is 0. The van der Waals surface area contributed by atoms with Crippen LogP contribution < -0.4 is 0 Å². The van der Waals surface area contributed by atoms with Crippen LogP contribution in [-0.2, 0) is 15.1 Å². The quantitative estimate of drug-likeness (QED) is 0.555. The first kappa shape index (κ1) is 22.6. The summed E-state index contributed by atoms with van der Waals surface area (Å²) in [6.45, 7) is 4.19. The highest BCUT2D eigenvalue weighted by molar-refractivity contribution is 5.85. The molecule has 3 rings (SSSR count). The zero-order chi connectivity index (χ0) is 19.7. The van der Waals surface area contributed by atoms with Gasteiger partial charge in [0.2, 0.25) is 0 Å². The summed E-state index contributed by atoms with van der Waals surface area (Å²) >= 11 is 0. The maximum atomic E-state index is 12.0. The van der Waals surface area contributed by atoms with E-state index in [1.165, 1.54) is 0 Å². The van der Waals surface area contributed by atoms with Gasteiger partial charge in [0.15, 0.2) is 0 Å². The molecule has 0 spiro atoms.